The normalized spacial score (nSPS) is 18.0. The molecule has 0 bridgehead atoms. The van der Waals surface area contributed by atoms with Crippen LogP contribution in [0.15, 0.2) is 26.2 Å². The summed E-state index contributed by atoms with van der Waals surface area (Å²) in [4.78, 5) is 25.7. The quantitative estimate of drug-likeness (QED) is 0.411. The lowest BCUT2D eigenvalue weighted by atomic mass is 9.84. The van der Waals surface area contributed by atoms with Gasteiger partial charge in [-0.1, -0.05) is 35.7 Å². The van der Waals surface area contributed by atoms with Gasteiger partial charge in [-0.2, -0.15) is 0 Å². The van der Waals surface area contributed by atoms with Crippen molar-refractivity contribution in [3.8, 4) is 0 Å². The summed E-state index contributed by atoms with van der Waals surface area (Å²) < 4.78 is 10.5. The number of nitrogens with one attached hydrogen (secondary N) is 1. The van der Waals surface area contributed by atoms with Gasteiger partial charge in [-0.05, 0) is 51.0 Å². The second kappa shape index (κ2) is 7.57. The molecule has 0 aliphatic carbocycles. The number of ether oxygens (including phenoxy) is 2. The monoisotopic (exact) mass is 435 g/mol. The third kappa shape index (κ3) is 3.49. The van der Waals surface area contributed by atoms with Gasteiger partial charge in [0.2, 0.25) is 0 Å². The molecule has 0 saturated heterocycles. The fraction of sp³-hybridized carbons (Fsp3) is 0.350. The second-order valence-corrected chi connectivity index (χ2v) is 9.78. The molecule has 0 unspecified atom stereocenters. The van der Waals surface area contributed by atoms with Gasteiger partial charge in [-0.15, -0.1) is 0 Å². The molecular formula is C20H21NO4S3. The molecule has 2 aliphatic rings. The highest BCUT2D eigenvalue weighted by Crippen LogP contribution is 2.55. The molecule has 0 atom stereocenters. The Balaban J connectivity index is 2.21. The molecule has 2 heterocycles. The number of thiocarbonyl (C=S) groups is 1. The Bertz CT molecular complexity index is 946. The van der Waals surface area contributed by atoms with Crippen LogP contribution >= 0.6 is 35.7 Å². The van der Waals surface area contributed by atoms with Crippen molar-refractivity contribution in [2.24, 2.45) is 0 Å². The highest BCUT2D eigenvalue weighted by molar-refractivity contribution is 8.29. The number of fused-ring (bicyclic) bond motifs is 1. The molecule has 0 aromatic heterocycles. The molecule has 0 spiro atoms. The highest BCUT2D eigenvalue weighted by Gasteiger charge is 2.40. The van der Waals surface area contributed by atoms with Gasteiger partial charge in [0, 0.05) is 21.7 Å². The average Bonchev–Trinajstić information content (AvgIpc) is 3.08. The number of hydrogen-bond donors (Lipinski definition) is 1. The maximum Gasteiger partial charge on any atom is 0.346 e. The largest absolute Gasteiger partial charge is 0.465 e. The van der Waals surface area contributed by atoms with E-state index < -0.39 is 17.5 Å². The van der Waals surface area contributed by atoms with Crippen LogP contribution in [-0.2, 0) is 19.1 Å². The Morgan fingerprint density at radius 2 is 1.50 bits per heavy atom. The summed E-state index contributed by atoms with van der Waals surface area (Å²) in [5.41, 5.74) is 4.69. The number of methoxy groups -OCH3 is 2. The number of aryl methyl sites for hydroxylation is 2. The van der Waals surface area contributed by atoms with E-state index in [4.69, 9.17) is 21.7 Å². The number of anilines is 1. The molecule has 1 aromatic carbocycles. The minimum atomic E-state index is -0.562. The summed E-state index contributed by atoms with van der Waals surface area (Å²) in [6.07, 6.45) is 0. The molecule has 148 valence electrons. The third-order valence-electron chi connectivity index (χ3n) is 4.69. The Hall–Kier alpha value is -1.77. The first kappa shape index (κ1) is 21.0. The van der Waals surface area contributed by atoms with Crippen LogP contribution in [0.5, 0.6) is 0 Å². The molecular weight excluding hydrogens is 414 g/mol. The van der Waals surface area contributed by atoms with Gasteiger partial charge < -0.3 is 14.8 Å². The summed E-state index contributed by atoms with van der Waals surface area (Å²) in [7, 11) is 2.58. The Kier molecular flexibility index (Phi) is 5.67. The topological polar surface area (TPSA) is 64.6 Å². The van der Waals surface area contributed by atoms with Crippen molar-refractivity contribution in [2.45, 2.75) is 33.2 Å². The molecule has 28 heavy (non-hydrogen) atoms. The van der Waals surface area contributed by atoms with Crippen LogP contribution in [0.3, 0.4) is 0 Å². The molecule has 1 aromatic rings. The van der Waals surface area contributed by atoms with Crippen molar-refractivity contribution < 1.29 is 19.1 Å². The zero-order valence-corrected chi connectivity index (χ0v) is 19.0. The van der Waals surface area contributed by atoms with E-state index in [0.717, 1.165) is 31.5 Å². The van der Waals surface area contributed by atoms with E-state index in [2.05, 4.69) is 24.4 Å². The van der Waals surface area contributed by atoms with Gasteiger partial charge in [0.15, 0.2) is 0 Å². The predicted octanol–water partition coefficient (Wildman–Crippen LogP) is 4.58. The lowest BCUT2D eigenvalue weighted by Crippen LogP contribution is -2.43. The summed E-state index contributed by atoms with van der Waals surface area (Å²) in [6, 6.07) is 4.20. The molecule has 0 fully saturated rings. The Morgan fingerprint density at radius 1 is 1.00 bits per heavy atom. The lowest BCUT2D eigenvalue weighted by molar-refractivity contribution is -0.138. The number of carbonyl (C=O) groups is 2. The van der Waals surface area contributed by atoms with E-state index in [1.54, 1.807) is 0 Å². The van der Waals surface area contributed by atoms with Gasteiger partial charge in [0.1, 0.15) is 9.81 Å². The van der Waals surface area contributed by atoms with Crippen molar-refractivity contribution in [3.05, 3.63) is 42.9 Å². The van der Waals surface area contributed by atoms with E-state index in [0.29, 0.717) is 0 Å². The first-order valence-corrected chi connectivity index (χ1v) is 10.6. The molecule has 8 heteroatoms. The van der Waals surface area contributed by atoms with Crippen LogP contribution in [0.4, 0.5) is 5.69 Å². The van der Waals surface area contributed by atoms with Crippen molar-refractivity contribution >= 4 is 63.8 Å². The molecule has 0 radical (unpaired) electrons. The number of carbonyl (C=O) groups excluding carboxylic acids is 2. The van der Waals surface area contributed by atoms with Crippen LogP contribution in [-0.4, -0.2) is 36.6 Å². The van der Waals surface area contributed by atoms with Crippen molar-refractivity contribution in [3.63, 3.8) is 0 Å². The van der Waals surface area contributed by atoms with Crippen LogP contribution in [0.25, 0.3) is 5.57 Å². The summed E-state index contributed by atoms with van der Waals surface area (Å²) >= 11 is 8.24. The summed E-state index contributed by atoms with van der Waals surface area (Å²) in [6.45, 7) is 8.16. The van der Waals surface area contributed by atoms with Gasteiger partial charge >= 0.3 is 11.9 Å². The number of esters is 2. The lowest BCUT2D eigenvalue weighted by Gasteiger charge is -2.37. The van der Waals surface area contributed by atoms with Crippen LogP contribution in [0, 0.1) is 13.8 Å². The summed E-state index contributed by atoms with van der Waals surface area (Å²) in [5.74, 6) is -1.12. The first-order chi connectivity index (χ1) is 13.1. The Morgan fingerprint density at radius 3 is 2.00 bits per heavy atom. The number of benzene rings is 1. The second-order valence-electron chi connectivity index (χ2n) is 7.07. The summed E-state index contributed by atoms with van der Waals surface area (Å²) in [5, 5.41) is 3.51. The SMILES string of the molecule is COC(=O)C1=C(C(=O)OC)SC(=C2C(=S)C(C)(C)Nc3cc(C)c(C)cc32)S1. The standard InChI is InChI=1S/C20H21NO4S3/c1-9-7-11-12(8-10(9)2)21-20(3,4)16(26)13(11)19-27-14(17(22)24-5)15(28-19)18(23)25-6/h7-8,21H,1-6H3. The van der Waals surface area contributed by atoms with Crippen LogP contribution in [0.2, 0.25) is 0 Å². The van der Waals surface area contributed by atoms with Gasteiger partial charge in [-0.25, -0.2) is 9.59 Å². The van der Waals surface area contributed by atoms with E-state index in [9.17, 15) is 9.59 Å². The molecule has 0 saturated carbocycles. The zero-order valence-electron chi connectivity index (χ0n) is 16.5. The van der Waals surface area contributed by atoms with Crippen LogP contribution in [0.1, 0.15) is 30.5 Å². The van der Waals surface area contributed by atoms with E-state index in [-0.39, 0.29) is 9.81 Å². The fourth-order valence-corrected chi connectivity index (χ4v) is 6.01. The number of rotatable bonds is 2. The maximum atomic E-state index is 12.2. The molecule has 1 N–H and O–H groups in total. The Labute approximate surface area is 178 Å². The van der Waals surface area contributed by atoms with Gasteiger partial charge in [0.25, 0.3) is 0 Å². The van der Waals surface area contributed by atoms with Crippen molar-refractivity contribution in [1.82, 2.24) is 0 Å². The van der Waals surface area contributed by atoms with Crippen molar-refractivity contribution in [1.29, 1.82) is 0 Å². The average molecular weight is 436 g/mol. The smallest absolute Gasteiger partial charge is 0.346 e. The minimum Gasteiger partial charge on any atom is -0.465 e. The molecule has 5 nitrogen and oxygen atoms in total. The van der Waals surface area contributed by atoms with E-state index in [1.807, 2.05) is 20.8 Å². The predicted molar refractivity (Wildman–Crippen MR) is 119 cm³/mol. The van der Waals surface area contributed by atoms with Crippen molar-refractivity contribution in [2.75, 3.05) is 19.5 Å². The molecule has 3 rings (SSSR count). The van der Waals surface area contributed by atoms with Gasteiger partial charge in [0.05, 0.1) is 24.0 Å². The number of thioether (sulfide) groups is 2. The molecule has 0 amide bonds. The van der Waals surface area contributed by atoms with E-state index >= 15 is 0 Å². The van der Waals surface area contributed by atoms with E-state index in [1.165, 1.54) is 43.3 Å². The maximum absolute atomic E-state index is 12.2. The first-order valence-electron chi connectivity index (χ1n) is 8.56. The molecule has 2 aliphatic heterocycles. The highest BCUT2D eigenvalue weighted by atomic mass is 32.2. The van der Waals surface area contributed by atoms with Gasteiger partial charge in [-0.3, -0.25) is 0 Å². The fourth-order valence-electron chi connectivity index (χ4n) is 3.01. The third-order valence-corrected chi connectivity index (χ3v) is 7.96. The number of hydrogen-bond acceptors (Lipinski definition) is 8. The zero-order chi connectivity index (χ0) is 20.8. The minimum absolute atomic E-state index is 0.228. The van der Waals surface area contributed by atoms with Crippen LogP contribution < -0.4 is 5.32 Å².